The second-order valence-corrected chi connectivity index (χ2v) is 7.26. The first-order valence-corrected chi connectivity index (χ1v) is 8.71. The van der Waals surface area contributed by atoms with Gasteiger partial charge in [-0.2, -0.15) is 17.5 Å². The Morgan fingerprint density at radius 3 is 2.57 bits per heavy atom. The quantitative estimate of drug-likeness (QED) is 0.827. The fraction of sp³-hybridized carbons (Fsp3) is 0.571. The number of rotatable bonds is 5. The molecule has 130 valence electrons. The van der Waals surface area contributed by atoms with Crippen molar-refractivity contribution in [3.63, 3.8) is 0 Å². The number of halogens is 4. The molecule has 1 atom stereocenters. The molecule has 0 spiro atoms. The lowest BCUT2D eigenvalue weighted by molar-refractivity contribution is -0.137. The van der Waals surface area contributed by atoms with E-state index in [0.717, 1.165) is 4.31 Å². The van der Waals surface area contributed by atoms with Crippen molar-refractivity contribution in [1.29, 1.82) is 0 Å². The molecule has 1 aromatic carbocycles. The van der Waals surface area contributed by atoms with E-state index in [9.17, 15) is 26.0 Å². The lowest BCUT2D eigenvalue weighted by Gasteiger charge is -2.27. The first-order valence-electron chi connectivity index (χ1n) is 7.27. The Labute approximate surface area is 132 Å². The van der Waals surface area contributed by atoms with E-state index in [0.29, 0.717) is 44.1 Å². The Bertz CT molecular complexity index is 655. The zero-order chi connectivity index (χ0) is 17.3. The van der Waals surface area contributed by atoms with Crippen molar-refractivity contribution in [3.05, 3.63) is 29.6 Å². The maximum absolute atomic E-state index is 14.0. The maximum Gasteiger partial charge on any atom is 0.416 e. The summed E-state index contributed by atoms with van der Waals surface area (Å²) in [5.41, 5.74) is -1.18. The number of alkyl halides is 3. The molecule has 1 heterocycles. The molecule has 1 aliphatic heterocycles. The number of nitrogens with zero attached hydrogens (tertiary/aromatic N) is 1. The molecule has 1 aromatic rings. The smallest absolute Gasteiger partial charge is 0.315 e. The first-order chi connectivity index (χ1) is 10.7. The molecule has 1 unspecified atom stereocenters. The third-order valence-corrected chi connectivity index (χ3v) is 5.70. The van der Waals surface area contributed by atoms with Crippen LogP contribution in [-0.4, -0.2) is 38.4 Å². The highest BCUT2D eigenvalue weighted by atomic mass is 32.2. The second kappa shape index (κ2) is 6.74. The molecule has 1 N–H and O–H groups in total. The molecule has 4 nitrogen and oxygen atoms in total. The molecule has 0 radical (unpaired) electrons. The number of hydrogen-bond acceptors (Lipinski definition) is 3. The van der Waals surface area contributed by atoms with E-state index in [4.69, 9.17) is 0 Å². The highest BCUT2D eigenvalue weighted by Crippen LogP contribution is 2.33. The zero-order valence-corrected chi connectivity index (χ0v) is 13.3. The van der Waals surface area contributed by atoms with Crippen LogP contribution < -0.4 is 5.32 Å². The van der Waals surface area contributed by atoms with Gasteiger partial charge in [0, 0.05) is 19.1 Å². The van der Waals surface area contributed by atoms with E-state index in [1.54, 1.807) is 6.92 Å². The van der Waals surface area contributed by atoms with Crippen molar-refractivity contribution in [3.8, 4) is 0 Å². The summed E-state index contributed by atoms with van der Waals surface area (Å²) >= 11 is 0. The molecule has 2 rings (SSSR count). The molecule has 0 saturated carbocycles. The van der Waals surface area contributed by atoms with Gasteiger partial charge in [-0.15, -0.1) is 0 Å². The van der Waals surface area contributed by atoms with E-state index >= 15 is 0 Å². The fourth-order valence-electron chi connectivity index (χ4n) is 2.61. The lowest BCUT2D eigenvalue weighted by Crippen LogP contribution is -2.42. The second-order valence-electron chi connectivity index (χ2n) is 5.41. The van der Waals surface area contributed by atoms with Crippen LogP contribution in [0.15, 0.2) is 23.1 Å². The summed E-state index contributed by atoms with van der Waals surface area (Å²) < 4.78 is 78.8. The number of nitrogens with one attached hydrogen (secondary N) is 1. The molecule has 0 bridgehead atoms. The minimum atomic E-state index is -4.73. The summed E-state index contributed by atoms with van der Waals surface area (Å²) in [5.74, 6) is -1.18. The Balaban J connectivity index is 2.48. The standard InChI is InChI=1S/C14H18F4N2O2S/c1-2-7-20(11-5-6-19-9-11)23(21,22)13-8-10(14(16,17)18)3-4-12(13)15/h3-4,8,11,19H,2,5-7,9H2,1H3. The first kappa shape index (κ1) is 18.2. The van der Waals surface area contributed by atoms with Gasteiger partial charge in [0.1, 0.15) is 10.7 Å². The van der Waals surface area contributed by atoms with Crippen LogP contribution in [0.3, 0.4) is 0 Å². The van der Waals surface area contributed by atoms with Gasteiger partial charge in [0.15, 0.2) is 0 Å². The van der Waals surface area contributed by atoms with Crippen molar-refractivity contribution in [2.45, 2.75) is 36.9 Å². The van der Waals surface area contributed by atoms with Gasteiger partial charge in [-0.1, -0.05) is 6.92 Å². The molecule has 23 heavy (non-hydrogen) atoms. The number of sulfonamides is 1. The van der Waals surface area contributed by atoms with Crippen LogP contribution in [0.2, 0.25) is 0 Å². The van der Waals surface area contributed by atoms with Crippen molar-refractivity contribution in [2.24, 2.45) is 0 Å². The summed E-state index contributed by atoms with van der Waals surface area (Å²) in [6.07, 6.45) is -3.71. The normalized spacial score (nSPS) is 19.5. The highest BCUT2D eigenvalue weighted by molar-refractivity contribution is 7.89. The van der Waals surface area contributed by atoms with Gasteiger partial charge in [-0.3, -0.25) is 0 Å². The zero-order valence-electron chi connectivity index (χ0n) is 12.5. The van der Waals surface area contributed by atoms with Crippen LogP contribution in [0.4, 0.5) is 17.6 Å². The predicted octanol–water partition coefficient (Wildman–Crippen LogP) is 2.61. The van der Waals surface area contributed by atoms with E-state index in [2.05, 4.69) is 5.32 Å². The van der Waals surface area contributed by atoms with E-state index in [1.165, 1.54) is 0 Å². The van der Waals surface area contributed by atoms with Gasteiger partial charge in [-0.05, 0) is 37.6 Å². The minimum Gasteiger partial charge on any atom is -0.315 e. The van der Waals surface area contributed by atoms with Crippen LogP contribution in [-0.2, 0) is 16.2 Å². The molecule has 0 aromatic heterocycles. The average molecular weight is 354 g/mol. The minimum absolute atomic E-state index is 0.129. The molecule has 1 saturated heterocycles. The monoisotopic (exact) mass is 354 g/mol. The van der Waals surface area contributed by atoms with Gasteiger partial charge < -0.3 is 5.32 Å². The van der Waals surface area contributed by atoms with E-state index in [1.807, 2.05) is 0 Å². The average Bonchev–Trinajstić information content (AvgIpc) is 2.97. The Morgan fingerprint density at radius 1 is 1.35 bits per heavy atom. The SMILES string of the molecule is CCCN(C1CCNC1)S(=O)(=O)c1cc(C(F)(F)F)ccc1F. The molecule has 0 amide bonds. The molecular weight excluding hydrogens is 336 g/mol. The van der Waals surface area contributed by atoms with Gasteiger partial charge >= 0.3 is 6.18 Å². The van der Waals surface area contributed by atoms with Crippen LogP contribution >= 0.6 is 0 Å². The fourth-order valence-corrected chi connectivity index (χ4v) is 4.45. The summed E-state index contributed by atoms with van der Waals surface area (Å²) in [4.78, 5) is -0.923. The molecular formula is C14H18F4N2O2S. The number of hydrogen-bond donors (Lipinski definition) is 1. The third-order valence-electron chi connectivity index (χ3n) is 3.73. The summed E-state index contributed by atoms with van der Waals surface area (Å²) in [7, 11) is -4.34. The summed E-state index contributed by atoms with van der Waals surface area (Å²) in [6.45, 7) is 2.91. The largest absolute Gasteiger partial charge is 0.416 e. The lowest BCUT2D eigenvalue weighted by atomic mass is 10.2. The highest BCUT2D eigenvalue weighted by Gasteiger charge is 2.37. The van der Waals surface area contributed by atoms with Crippen molar-refractivity contribution >= 4 is 10.0 Å². The predicted molar refractivity (Wildman–Crippen MR) is 76.9 cm³/mol. The van der Waals surface area contributed by atoms with Crippen molar-refractivity contribution < 1.29 is 26.0 Å². The van der Waals surface area contributed by atoms with Crippen LogP contribution in [0, 0.1) is 5.82 Å². The summed E-state index contributed by atoms with van der Waals surface area (Å²) in [6, 6.07) is 1.08. The van der Waals surface area contributed by atoms with Crippen LogP contribution in [0.1, 0.15) is 25.3 Å². The third kappa shape index (κ3) is 3.84. The Kier molecular flexibility index (Phi) is 5.32. The van der Waals surface area contributed by atoms with Gasteiger partial charge in [0.25, 0.3) is 0 Å². The van der Waals surface area contributed by atoms with E-state index in [-0.39, 0.29) is 12.6 Å². The molecule has 1 fully saturated rings. The van der Waals surface area contributed by atoms with Crippen LogP contribution in [0.25, 0.3) is 0 Å². The van der Waals surface area contributed by atoms with Crippen molar-refractivity contribution in [1.82, 2.24) is 9.62 Å². The molecule has 1 aliphatic rings. The summed E-state index contributed by atoms with van der Waals surface area (Å²) in [5, 5.41) is 3.01. The topological polar surface area (TPSA) is 49.4 Å². The Morgan fingerprint density at radius 2 is 2.04 bits per heavy atom. The van der Waals surface area contributed by atoms with E-state index < -0.39 is 32.5 Å². The number of benzene rings is 1. The molecule has 0 aliphatic carbocycles. The van der Waals surface area contributed by atoms with Crippen LogP contribution in [0.5, 0.6) is 0 Å². The molecule has 9 heteroatoms. The van der Waals surface area contributed by atoms with Crippen molar-refractivity contribution in [2.75, 3.05) is 19.6 Å². The van der Waals surface area contributed by atoms with Gasteiger partial charge in [0.05, 0.1) is 5.56 Å². The van der Waals surface area contributed by atoms with Gasteiger partial charge in [0.2, 0.25) is 10.0 Å². The maximum atomic E-state index is 14.0. The van der Waals surface area contributed by atoms with Gasteiger partial charge in [-0.25, -0.2) is 12.8 Å². The Hall–Kier alpha value is -1.19.